The summed E-state index contributed by atoms with van der Waals surface area (Å²) in [5, 5.41) is 0. The lowest BCUT2D eigenvalue weighted by molar-refractivity contribution is 0.0603. The first kappa shape index (κ1) is 9.51. The zero-order valence-corrected chi connectivity index (χ0v) is 8.40. The summed E-state index contributed by atoms with van der Waals surface area (Å²) in [4.78, 5) is 18.4. The van der Waals surface area contributed by atoms with E-state index in [1.165, 1.54) is 13.4 Å². The molecule has 0 aliphatic rings. The summed E-state index contributed by atoms with van der Waals surface area (Å²) in [7, 11) is 2.90. The summed E-state index contributed by atoms with van der Waals surface area (Å²) >= 11 is 0. The van der Waals surface area contributed by atoms with E-state index in [9.17, 15) is 4.79 Å². The monoisotopic (exact) mass is 206 g/mol. The molecule has 1 N–H and O–H groups in total. The molecule has 0 unspecified atom stereocenters. The molecule has 5 nitrogen and oxygen atoms in total. The van der Waals surface area contributed by atoms with Gasteiger partial charge in [-0.05, 0) is 12.1 Å². The molecule has 1 aromatic carbocycles. The Morgan fingerprint density at radius 3 is 2.87 bits per heavy atom. The predicted octanol–water partition coefficient (Wildman–Crippen LogP) is 1.36. The number of fused-ring (bicyclic) bond motifs is 1. The third-order valence-electron chi connectivity index (χ3n) is 2.17. The van der Waals surface area contributed by atoms with E-state index in [-0.39, 0.29) is 0 Å². The standard InChI is InChI=1S/C10H10N2O3/c1-14-7-4-3-6(10(13)15-2)8-9(7)12-5-11-8/h3-5H,1-2H3,(H,11,12). The number of H-pyrrole nitrogens is 1. The van der Waals surface area contributed by atoms with Crippen LogP contribution in [0.5, 0.6) is 5.75 Å². The third-order valence-corrected chi connectivity index (χ3v) is 2.17. The van der Waals surface area contributed by atoms with Crippen LogP contribution in [0.1, 0.15) is 10.4 Å². The van der Waals surface area contributed by atoms with Crippen LogP contribution in [0, 0.1) is 0 Å². The van der Waals surface area contributed by atoms with Crippen molar-refractivity contribution < 1.29 is 14.3 Å². The van der Waals surface area contributed by atoms with Crippen molar-refractivity contribution in [3.8, 4) is 5.75 Å². The summed E-state index contributed by atoms with van der Waals surface area (Å²) in [5.74, 6) is 0.241. The number of esters is 1. The van der Waals surface area contributed by atoms with Crippen molar-refractivity contribution in [3.63, 3.8) is 0 Å². The zero-order valence-electron chi connectivity index (χ0n) is 8.40. The fourth-order valence-corrected chi connectivity index (χ4v) is 1.45. The van der Waals surface area contributed by atoms with Crippen LogP contribution in [-0.2, 0) is 4.74 Å². The lowest BCUT2D eigenvalue weighted by atomic mass is 10.2. The molecule has 0 aliphatic carbocycles. The second-order valence-electron chi connectivity index (χ2n) is 2.93. The smallest absolute Gasteiger partial charge is 0.340 e. The first-order valence-electron chi connectivity index (χ1n) is 4.36. The molecular weight excluding hydrogens is 196 g/mol. The first-order valence-corrected chi connectivity index (χ1v) is 4.36. The number of benzene rings is 1. The van der Waals surface area contributed by atoms with Crippen LogP contribution >= 0.6 is 0 Å². The average molecular weight is 206 g/mol. The van der Waals surface area contributed by atoms with Crippen LogP contribution in [0.2, 0.25) is 0 Å². The average Bonchev–Trinajstić information content (AvgIpc) is 2.75. The van der Waals surface area contributed by atoms with Gasteiger partial charge in [-0.3, -0.25) is 0 Å². The zero-order chi connectivity index (χ0) is 10.8. The number of methoxy groups -OCH3 is 2. The minimum Gasteiger partial charge on any atom is -0.494 e. The van der Waals surface area contributed by atoms with Crippen LogP contribution < -0.4 is 4.74 Å². The molecule has 0 spiro atoms. The second-order valence-corrected chi connectivity index (χ2v) is 2.93. The molecule has 0 bridgehead atoms. The van der Waals surface area contributed by atoms with Gasteiger partial charge in [0.05, 0.1) is 26.1 Å². The SMILES string of the molecule is COC(=O)c1ccc(OC)c2[nH]cnc12. The van der Waals surface area contributed by atoms with E-state index < -0.39 is 5.97 Å². The molecule has 2 aromatic rings. The molecule has 0 atom stereocenters. The van der Waals surface area contributed by atoms with Gasteiger partial charge in [-0.15, -0.1) is 0 Å². The molecule has 15 heavy (non-hydrogen) atoms. The number of nitrogens with zero attached hydrogens (tertiary/aromatic N) is 1. The Kier molecular flexibility index (Phi) is 2.29. The number of ether oxygens (including phenoxy) is 2. The second kappa shape index (κ2) is 3.61. The molecule has 1 heterocycles. The number of aromatic amines is 1. The van der Waals surface area contributed by atoms with E-state index in [0.29, 0.717) is 22.3 Å². The van der Waals surface area contributed by atoms with Crippen molar-refractivity contribution in [1.82, 2.24) is 9.97 Å². The molecule has 2 rings (SSSR count). The highest BCUT2D eigenvalue weighted by atomic mass is 16.5. The number of imidazole rings is 1. The number of rotatable bonds is 2. The van der Waals surface area contributed by atoms with Gasteiger partial charge in [-0.2, -0.15) is 0 Å². The third kappa shape index (κ3) is 1.41. The molecule has 0 saturated heterocycles. The molecule has 0 amide bonds. The highest BCUT2D eigenvalue weighted by Crippen LogP contribution is 2.25. The quantitative estimate of drug-likeness (QED) is 0.753. The van der Waals surface area contributed by atoms with Crippen molar-refractivity contribution in [2.45, 2.75) is 0 Å². The van der Waals surface area contributed by atoms with Crippen LogP contribution in [0.25, 0.3) is 11.0 Å². The fourth-order valence-electron chi connectivity index (χ4n) is 1.45. The summed E-state index contributed by atoms with van der Waals surface area (Å²) in [6.45, 7) is 0. The van der Waals surface area contributed by atoms with Gasteiger partial charge >= 0.3 is 5.97 Å². The minimum absolute atomic E-state index is 0.408. The number of nitrogens with one attached hydrogen (secondary N) is 1. The molecule has 1 aromatic heterocycles. The molecule has 0 aliphatic heterocycles. The van der Waals surface area contributed by atoms with Crippen LogP contribution in [0.4, 0.5) is 0 Å². The molecule has 0 radical (unpaired) electrons. The predicted molar refractivity (Wildman–Crippen MR) is 54.0 cm³/mol. The number of carbonyl (C=O) groups is 1. The highest BCUT2D eigenvalue weighted by Gasteiger charge is 2.14. The Bertz CT molecular complexity index is 504. The van der Waals surface area contributed by atoms with Crippen molar-refractivity contribution in [3.05, 3.63) is 24.0 Å². The Labute approximate surface area is 86.0 Å². The van der Waals surface area contributed by atoms with Gasteiger partial charge in [0.2, 0.25) is 0 Å². The number of hydrogen-bond acceptors (Lipinski definition) is 4. The summed E-state index contributed by atoms with van der Waals surface area (Å²) < 4.78 is 9.78. The summed E-state index contributed by atoms with van der Waals surface area (Å²) in [5.41, 5.74) is 1.68. The number of aromatic nitrogens is 2. The van der Waals surface area contributed by atoms with E-state index in [1.807, 2.05) is 0 Å². The Morgan fingerprint density at radius 1 is 1.40 bits per heavy atom. The van der Waals surface area contributed by atoms with Crippen LogP contribution in [0.15, 0.2) is 18.5 Å². The maximum absolute atomic E-state index is 11.4. The van der Waals surface area contributed by atoms with Crippen molar-refractivity contribution in [1.29, 1.82) is 0 Å². The van der Waals surface area contributed by atoms with Gasteiger partial charge in [0, 0.05) is 0 Å². The van der Waals surface area contributed by atoms with E-state index in [2.05, 4.69) is 14.7 Å². The Hall–Kier alpha value is -2.04. The van der Waals surface area contributed by atoms with Gasteiger partial charge in [0.25, 0.3) is 0 Å². The first-order chi connectivity index (χ1) is 7.27. The normalized spacial score (nSPS) is 10.3. The maximum atomic E-state index is 11.4. The summed E-state index contributed by atoms with van der Waals surface area (Å²) in [6.07, 6.45) is 1.51. The molecule has 0 saturated carbocycles. The maximum Gasteiger partial charge on any atom is 0.340 e. The van der Waals surface area contributed by atoms with Gasteiger partial charge in [-0.25, -0.2) is 9.78 Å². The Balaban J connectivity index is 2.68. The van der Waals surface area contributed by atoms with Crippen molar-refractivity contribution >= 4 is 17.0 Å². The number of carbonyl (C=O) groups excluding carboxylic acids is 1. The Morgan fingerprint density at radius 2 is 2.20 bits per heavy atom. The minimum atomic E-state index is -0.408. The van der Waals surface area contributed by atoms with Crippen molar-refractivity contribution in [2.24, 2.45) is 0 Å². The summed E-state index contributed by atoms with van der Waals surface area (Å²) in [6, 6.07) is 3.33. The fraction of sp³-hybridized carbons (Fsp3) is 0.200. The van der Waals surface area contributed by atoms with Gasteiger partial charge < -0.3 is 14.5 Å². The topological polar surface area (TPSA) is 64.2 Å². The van der Waals surface area contributed by atoms with Gasteiger partial charge in [0.1, 0.15) is 16.8 Å². The van der Waals surface area contributed by atoms with Gasteiger partial charge in [-0.1, -0.05) is 0 Å². The largest absolute Gasteiger partial charge is 0.494 e. The molecule has 78 valence electrons. The van der Waals surface area contributed by atoms with E-state index >= 15 is 0 Å². The highest BCUT2D eigenvalue weighted by molar-refractivity contribution is 6.03. The molecule has 5 heteroatoms. The lowest BCUT2D eigenvalue weighted by Crippen LogP contribution is -2.02. The molecule has 0 fully saturated rings. The van der Waals surface area contributed by atoms with E-state index in [1.54, 1.807) is 19.2 Å². The number of hydrogen-bond donors (Lipinski definition) is 1. The van der Waals surface area contributed by atoms with Crippen molar-refractivity contribution in [2.75, 3.05) is 14.2 Å². The van der Waals surface area contributed by atoms with E-state index in [0.717, 1.165) is 0 Å². The van der Waals surface area contributed by atoms with Crippen LogP contribution in [0.3, 0.4) is 0 Å². The van der Waals surface area contributed by atoms with Gasteiger partial charge in [0.15, 0.2) is 0 Å². The molecular formula is C10H10N2O3. The lowest BCUT2D eigenvalue weighted by Gasteiger charge is -2.04. The van der Waals surface area contributed by atoms with Crippen LogP contribution in [-0.4, -0.2) is 30.2 Å². The van der Waals surface area contributed by atoms with E-state index in [4.69, 9.17) is 4.74 Å².